The highest BCUT2D eigenvalue weighted by molar-refractivity contribution is 5.47. The number of aryl methyl sites for hydroxylation is 1. The van der Waals surface area contributed by atoms with Crippen molar-refractivity contribution in [3.8, 4) is 0 Å². The minimum absolute atomic E-state index is 0.405. The van der Waals surface area contributed by atoms with Crippen molar-refractivity contribution in [2.45, 2.75) is 25.4 Å². The molecular weight excluding hydrogens is 224 g/mol. The van der Waals surface area contributed by atoms with E-state index >= 15 is 0 Å². The first-order chi connectivity index (χ1) is 8.83. The third kappa shape index (κ3) is 2.19. The molecule has 3 N–H and O–H groups in total. The standard InChI is InChI=1S/C14H16N4/c15-11-4-5-13-10(8-11)3-6-14(13)16-9-12-2-1-7-17-18-12/h1-2,4-5,7-8,14,16H,3,6,9,15H2. The van der Waals surface area contributed by atoms with Crippen LogP contribution in [0.4, 0.5) is 5.69 Å². The van der Waals surface area contributed by atoms with Crippen molar-refractivity contribution in [2.24, 2.45) is 0 Å². The van der Waals surface area contributed by atoms with Gasteiger partial charge >= 0.3 is 0 Å². The lowest BCUT2D eigenvalue weighted by Gasteiger charge is -2.13. The molecule has 1 heterocycles. The fourth-order valence-electron chi connectivity index (χ4n) is 2.50. The Balaban J connectivity index is 1.70. The van der Waals surface area contributed by atoms with E-state index in [1.807, 2.05) is 18.2 Å². The maximum absolute atomic E-state index is 5.80. The lowest BCUT2D eigenvalue weighted by Crippen LogP contribution is -2.19. The van der Waals surface area contributed by atoms with Crippen molar-refractivity contribution in [3.63, 3.8) is 0 Å². The van der Waals surface area contributed by atoms with Crippen molar-refractivity contribution >= 4 is 5.69 Å². The average molecular weight is 240 g/mol. The lowest BCUT2D eigenvalue weighted by molar-refractivity contribution is 0.523. The van der Waals surface area contributed by atoms with Gasteiger partial charge in [0, 0.05) is 24.5 Å². The van der Waals surface area contributed by atoms with Gasteiger partial charge in [-0.05, 0) is 48.2 Å². The summed E-state index contributed by atoms with van der Waals surface area (Å²) in [6.45, 7) is 0.752. The first-order valence-corrected chi connectivity index (χ1v) is 6.21. The highest BCUT2D eigenvalue weighted by Gasteiger charge is 2.21. The minimum Gasteiger partial charge on any atom is -0.399 e. The minimum atomic E-state index is 0.405. The SMILES string of the molecule is Nc1ccc2c(c1)CCC2NCc1cccnn1. The second-order valence-corrected chi connectivity index (χ2v) is 4.65. The maximum Gasteiger partial charge on any atom is 0.0769 e. The van der Waals surface area contributed by atoms with Crippen LogP contribution in [0.25, 0.3) is 0 Å². The van der Waals surface area contributed by atoms with Crippen LogP contribution in [-0.4, -0.2) is 10.2 Å². The molecule has 1 atom stereocenters. The predicted octanol–water partition coefficient (Wildman–Crippen LogP) is 1.84. The van der Waals surface area contributed by atoms with Gasteiger partial charge in [0.15, 0.2) is 0 Å². The molecule has 0 radical (unpaired) electrons. The van der Waals surface area contributed by atoms with Crippen LogP contribution in [0.1, 0.15) is 29.3 Å². The monoisotopic (exact) mass is 240 g/mol. The molecule has 1 aromatic heterocycles. The van der Waals surface area contributed by atoms with Crippen LogP contribution in [0.2, 0.25) is 0 Å². The normalized spacial score (nSPS) is 17.7. The smallest absolute Gasteiger partial charge is 0.0769 e. The van der Waals surface area contributed by atoms with Crippen LogP contribution in [0.15, 0.2) is 36.5 Å². The topological polar surface area (TPSA) is 63.8 Å². The molecule has 4 heteroatoms. The molecule has 3 rings (SSSR count). The van der Waals surface area contributed by atoms with Gasteiger partial charge in [0.1, 0.15) is 0 Å². The van der Waals surface area contributed by atoms with E-state index in [2.05, 4.69) is 27.6 Å². The second kappa shape index (κ2) is 4.74. The first kappa shape index (κ1) is 11.2. The van der Waals surface area contributed by atoms with Crippen LogP contribution in [0.5, 0.6) is 0 Å². The largest absolute Gasteiger partial charge is 0.399 e. The number of nitrogens with two attached hydrogens (primary N) is 1. The Hall–Kier alpha value is -1.94. The van der Waals surface area contributed by atoms with Gasteiger partial charge in [-0.1, -0.05) is 6.07 Å². The highest BCUT2D eigenvalue weighted by atomic mass is 15.1. The lowest BCUT2D eigenvalue weighted by atomic mass is 10.1. The van der Waals surface area contributed by atoms with Crippen molar-refractivity contribution in [2.75, 3.05) is 5.73 Å². The number of benzene rings is 1. The van der Waals surface area contributed by atoms with Gasteiger partial charge in [-0.25, -0.2) is 0 Å². The average Bonchev–Trinajstić information content (AvgIpc) is 2.80. The number of hydrogen-bond donors (Lipinski definition) is 2. The zero-order chi connectivity index (χ0) is 12.4. The number of nitrogen functional groups attached to an aromatic ring is 1. The third-order valence-electron chi connectivity index (χ3n) is 3.40. The Morgan fingerprint density at radius 2 is 2.28 bits per heavy atom. The number of nitrogens with one attached hydrogen (secondary N) is 1. The number of aromatic nitrogens is 2. The summed E-state index contributed by atoms with van der Waals surface area (Å²) in [5, 5.41) is 11.5. The van der Waals surface area contributed by atoms with Gasteiger partial charge in [0.05, 0.1) is 5.69 Å². The van der Waals surface area contributed by atoms with Crippen molar-refractivity contribution in [1.29, 1.82) is 0 Å². The molecule has 0 spiro atoms. The maximum atomic E-state index is 5.80. The summed E-state index contributed by atoms with van der Waals surface area (Å²) in [6.07, 6.45) is 3.91. The Labute approximate surface area is 106 Å². The molecule has 1 aromatic carbocycles. The third-order valence-corrected chi connectivity index (χ3v) is 3.40. The van der Waals surface area contributed by atoms with E-state index in [4.69, 9.17) is 5.73 Å². The Morgan fingerprint density at radius 3 is 3.11 bits per heavy atom. The molecule has 0 aliphatic heterocycles. The number of nitrogens with zero attached hydrogens (tertiary/aromatic N) is 2. The molecule has 1 unspecified atom stereocenters. The molecular formula is C14H16N4. The fourth-order valence-corrected chi connectivity index (χ4v) is 2.50. The number of fused-ring (bicyclic) bond motifs is 1. The van der Waals surface area contributed by atoms with Crippen LogP contribution >= 0.6 is 0 Å². The summed E-state index contributed by atoms with van der Waals surface area (Å²) in [5.41, 5.74) is 10.4. The summed E-state index contributed by atoms with van der Waals surface area (Å²) in [7, 11) is 0. The molecule has 0 saturated heterocycles. The van der Waals surface area contributed by atoms with E-state index < -0.39 is 0 Å². The molecule has 1 aliphatic carbocycles. The van der Waals surface area contributed by atoms with Gasteiger partial charge in [0.2, 0.25) is 0 Å². The van der Waals surface area contributed by atoms with Crippen molar-refractivity contribution in [3.05, 3.63) is 53.3 Å². The van der Waals surface area contributed by atoms with Crippen molar-refractivity contribution < 1.29 is 0 Å². The molecule has 92 valence electrons. The van der Waals surface area contributed by atoms with Crippen LogP contribution < -0.4 is 11.1 Å². The van der Waals surface area contributed by atoms with Gasteiger partial charge in [-0.15, -0.1) is 0 Å². The summed E-state index contributed by atoms with van der Waals surface area (Å²) >= 11 is 0. The van der Waals surface area contributed by atoms with Gasteiger partial charge in [-0.2, -0.15) is 10.2 Å². The van der Waals surface area contributed by atoms with Crippen LogP contribution in [0, 0.1) is 0 Å². The van der Waals surface area contributed by atoms with Gasteiger partial charge in [-0.3, -0.25) is 0 Å². The summed E-state index contributed by atoms with van der Waals surface area (Å²) in [5.74, 6) is 0. The molecule has 0 amide bonds. The summed E-state index contributed by atoms with van der Waals surface area (Å²) in [4.78, 5) is 0. The molecule has 0 saturated carbocycles. The number of rotatable bonds is 3. The van der Waals surface area contributed by atoms with E-state index in [1.54, 1.807) is 6.20 Å². The fraction of sp³-hybridized carbons (Fsp3) is 0.286. The van der Waals surface area contributed by atoms with Gasteiger partial charge < -0.3 is 11.1 Å². The van der Waals surface area contributed by atoms with E-state index in [9.17, 15) is 0 Å². The Bertz CT molecular complexity index is 539. The van der Waals surface area contributed by atoms with E-state index in [0.29, 0.717) is 6.04 Å². The molecule has 0 bridgehead atoms. The van der Waals surface area contributed by atoms with Crippen LogP contribution in [0.3, 0.4) is 0 Å². The predicted molar refractivity (Wildman–Crippen MR) is 70.8 cm³/mol. The Kier molecular flexibility index (Phi) is 2.94. The molecule has 18 heavy (non-hydrogen) atoms. The number of anilines is 1. The quantitative estimate of drug-likeness (QED) is 0.803. The van der Waals surface area contributed by atoms with Gasteiger partial charge in [0.25, 0.3) is 0 Å². The zero-order valence-corrected chi connectivity index (χ0v) is 10.1. The molecule has 1 aliphatic rings. The second-order valence-electron chi connectivity index (χ2n) is 4.65. The van der Waals surface area contributed by atoms with E-state index in [1.165, 1.54) is 11.1 Å². The van der Waals surface area contributed by atoms with E-state index in [-0.39, 0.29) is 0 Å². The highest BCUT2D eigenvalue weighted by Crippen LogP contribution is 2.32. The zero-order valence-electron chi connectivity index (χ0n) is 10.1. The number of hydrogen-bond acceptors (Lipinski definition) is 4. The summed E-state index contributed by atoms with van der Waals surface area (Å²) in [6, 6.07) is 10.5. The van der Waals surface area contributed by atoms with Crippen LogP contribution in [-0.2, 0) is 13.0 Å². The summed E-state index contributed by atoms with van der Waals surface area (Å²) < 4.78 is 0. The molecule has 0 fully saturated rings. The first-order valence-electron chi connectivity index (χ1n) is 6.21. The molecule has 2 aromatic rings. The Morgan fingerprint density at radius 1 is 1.33 bits per heavy atom. The van der Waals surface area contributed by atoms with Crippen molar-refractivity contribution in [1.82, 2.24) is 15.5 Å². The van der Waals surface area contributed by atoms with E-state index in [0.717, 1.165) is 30.8 Å². The molecule has 4 nitrogen and oxygen atoms in total.